The van der Waals surface area contributed by atoms with E-state index in [9.17, 15) is 4.79 Å². The number of halogens is 1. The predicted molar refractivity (Wildman–Crippen MR) is 70.2 cm³/mol. The fraction of sp³-hybridized carbons (Fsp3) is 0.462. The first-order valence-corrected chi connectivity index (χ1v) is 5.70. The van der Waals surface area contributed by atoms with E-state index in [1.165, 1.54) is 6.42 Å². The van der Waals surface area contributed by atoms with E-state index in [1.807, 2.05) is 18.2 Å². The Labute approximate surface area is 108 Å². The summed E-state index contributed by atoms with van der Waals surface area (Å²) in [7, 11) is 1.61. The topological polar surface area (TPSA) is 38.3 Å². The van der Waals surface area contributed by atoms with Crippen molar-refractivity contribution in [2.45, 2.75) is 25.3 Å². The van der Waals surface area contributed by atoms with Crippen molar-refractivity contribution in [3.63, 3.8) is 0 Å². The molecule has 1 atom stereocenters. The first kappa shape index (κ1) is 14.0. The fourth-order valence-corrected chi connectivity index (χ4v) is 2.07. The van der Waals surface area contributed by atoms with Gasteiger partial charge in [-0.3, -0.25) is 4.79 Å². The van der Waals surface area contributed by atoms with Crippen LogP contribution in [0.5, 0.6) is 5.75 Å². The van der Waals surface area contributed by atoms with Crippen LogP contribution in [0.15, 0.2) is 24.3 Å². The highest BCUT2D eigenvalue weighted by atomic mass is 35.5. The number of Topliss-reactive ketones (excluding diaryl/α,β-unsaturated/α-hetero) is 1. The van der Waals surface area contributed by atoms with Gasteiger partial charge >= 0.3 is 0 Å². The molecule has 0 aromatic heterocycles. The Morgan fingerprint density at radius 3 is 3.00 bits per heavy atom. The highest BCUT2D eigenvalue weighted by molar-refractivity contribution is 5.96. The molecular weight excluding hydrogens is 238 g/mol. The minimum Gasteiger partial charge on any atom is -0.497 e. The number of nitrogens with one attached hydrogen (secondary N) is 1. The Hall–Kier alpha value is -1.06. The van der Waals surface area contributed by atoms with Crippen molar-refractivity contribution in [1.29, 1.82) is 0 Å². The van der Waals surface area contributed by atoms with E-state index in [0.717, 1.165) is 24.3 Å². The minimum atomic E-state index is 0. The highest BCUT2D eigenvalue weighted by Gasteiger charge is 2.18. The summed E-state index contributed by atoms with van der Waals surface area (Å²) in [6, 6.07) is 7.72. The number of hydrogen-bond acceptors (Lipinski definition) is 3. The molecule has 1 saturated heterocycles. The van der Waals surface area contributed by atoms with Crippen LogP contribution in [0.25, 0.3) is 0 Å². The zero-order chi connectivity index (χ0) is 11.4. The van der Waals surface area contributed by atoms with Crippen molar-refractivity contribution in [2.75, 3.05) is 13.7 Å². The lowest BCUT2D eigenvalue weighted by Crippen LogP contribution is -2.24. The van der Waals surface area contributed by atoms with Crippen molar-refractivity contribution in [3.8, 4) is 5.75 Å². The SMILES string of the molecule is COc1cccc(C(=O)CC2CCCN2)c1.Cl. The van der Waals surface area contributed by atoms with E-state index in [0.29, 0.717) is 12.5 Å². The summed E-state index contributed by atoms with van der Waals surface area (Å²) < 4.78 is 5.11. The molecule has 0 aliphatic carbocycles. The van der Waals surface area contributed by atoms with E-state index in [1.54, 1.807) is 13.2 Å². The summed E-state index contributed by atoms with van der Waals surface area (Å²) >= 11 is 0. The Bertz CT molecular complexity index is 375. The first-order chi connectivity index (χ1) is 7.79. The number of ether oxygens (including phenoxy) is 1. The summed E-state index contributed by atoms with van der Waals surface area (Å²) in [5, 5.41) is 3.33. The molecule has 3 nitrogen and oxygen atoms in total. The molecule has 1 N–H and O–H groups in total. The van der Waals surface area contributed by atoms with Crippen molar-refractivity contribution in [3.05, 3.63) is 29.8 Å². The Morgan fingerprint density at radius 2 is 2.35 bits per heavy atom. The molecule has 0 saturated carbocycles. The van der Waals surface area contributed by atoms with Gasteiger partial charge in [0.25, 0.3) is 0 Å². The number of benzene rings is 1. The molecular formula is C13H18ClNO2. The van der Waals surface area contributed by atoms with Gasteiger partial charge in [0.15, 0.2) is 5.78 Å². The second kappa shape index (κ2) is 6.62. The number of hydrogen-bond donors (Lipinski definition) is 1. The van der Waals surface area contributed by atoms with Crippen LogP contribution in [-0.4, -0.2) is 25.5 Å². The third-order valence-corrected chi connectivity index (χ3v) is 2.99. The smallest absolute Gasteiger partial charge is 0.164 e. The number of methoxy groups -OCH3 is 1. The lowest BCUT2D eigenvalue weighted by atomic mass is 10.0. The highest BCUT2D eigenvalue weighted by Crippen LogP contribution is 2.17. The normalized spacial score (nSPS) is 18.5. The van der Waals surface area contributed by atoms with Crippen molar-refractivity contribution in [1.82, 2.24) is 5.32 Å². The Kier molecular flexibility index (Phi) is 5.45. The third-order valence-electron chi connectivity index (χ3n) is 2.99. The van der Waals surface area contributed by atoms with Crippen LogP contribution in [0.1, 0.15) is 29.6 Å². The monoisotopic (exact) mass is 255 g/mol. The lowest BCUT2D eigenvalue weighted by molar-refractivity contribution is 0.0971. The van der Waals surface area contributed by atoms with Gasteiger partial charge in [-0.1, -0.05) is 12.1 Å². The Morgan fingerprint density at radius 1 is 1.53 bits per heavy atom. The quantitative estimate of drug-likeness (QED) is 0.840. The molecule has 1 unspecified atom stereocenters. The van der Waals surface area contributed by atoms with Gasteiger partial charge in [-0.15, -0.1) is 12.4 Å². The zero-order valence-corrected chi connectivity index (χ0v) is 10.8. The third kappa shape index (κ3) is 3.72. The first-order valence-electron chi connectivity index (χ1n) is 5.70. The van der Waals surface area contributed by atoms with Crippen LogP contribution in [0.3, 0.4) is 0 Å². The van der Waals surface area contributed by atoms with Crippen LogP contribution in [0.2, 0.25) is 0 Å². The van der Waals surface area contributed by atoms with Crippen LogP contribution in [0, 0.1) is 0 Å². The van der Waals surface area contributed by atoms with Crippen LogP contribution in [-0.2, 0) is 0 Å². The van der Waals surface area contributed by atoms with Gasteiger partial charge in [-0.2, -0.15) is 0 Å². The molecule has 1 aliphatic rings. The average molecular weight is 256 g/mol. The van der Waals surface area contributed by atoms with Crippen LogP contribution < -0.4 is 10.1 Å². The predicted octanol–water partition coefficient (Wildman–Crippen LogP) is 2.44. The maximum Gasteiger partial charge on any atom is 0.164 e. The number of ketones is 1. The zero-order valence-electron chi connectivity index (χ0n) is 9.94. The molecule has 94 valence electrons. The summed E-state index contributed by atoms with van der Waals surface area (Å²) in [4.78, 5) is 12.0. The molecule has 1 aromatic carbocycles. The fourth-order valence-electron chi connectivity index (χ4n) is 2.07. The second-order valence-corrected chi connectivity index (χ2v) is 4.15. The molecule has 1 aliphatic heterocycles. The summed E-state index contributed by atoms with van der Waals surface area (Å²) in [5.41, 5.74) is 0.744. The number of carbonyl (C=O) groups excluding carboxylic acids is 1. The summed E-state index contributed by atoms with van der Waals surface area (Å²) in [6.45, 7) is 1.04. The van der Waals surface area contributed by atoms with Gasteiger partial charge < -0.3 is 10.1 Å². The van der Waals surface area contributed by atoms with Gasteiger partial charge in [0.2, 0.25) is 0 Å². The van der Waals surface area contributed by atoms with Gasteiger partial charge in [-0.25, -0.2) is 0 Å². The van der Waals surface area contributed by atoms with Gasteiger partial charge in [0, 0.05) is 18.0 Å². The molecule has 0 spiro atoms. The lowest BCUT2D eigenvalue weighted by Gasteiger charge is -2.09. The molecule has 0 radical (unpaired) electrons. The van der Waals surface area contributed by atoms with E-state index in [-0.39, 0.29) is 18.2 Å². The van der Waals surface area contributed by atoms with Crippen LogP contribution >= 0.6 is 12.4 Å². The second-order valence-electron chi connectivity index (χ2n) is 4.15. The molecule has 4 heteroatoms. The summed E-state index contributed by atoms with van der Waals surface area (Å²) in [5.74, 6) is 0.934. The minimum absolute atomic E-state index is 0. The number of rotatable bonds is 4. The molecule has 0 amide bonds. The van der Waals surface area contributed by atoms with Crippen molar-refractivity contribution >= 4 is 18.2 Å². The standard InChI is InChI=1S/C13H17NO2.ClH/c1-16-12-6-2-4-10(8-12)13(15)9-11-5-3-7-14-11;/h2,4,6,8,11,14H,3,5,7,9H2,1H3;1H. The maximum atomic E-state index is 12.0. The average Bonchev–Trinajstić information content (AvgIpc) is 2.82. The molecule has 17 heavy (non-hydrogen) atoms. The van der Waals surface area contributed by atoms with Crippen molar-refractivity contribution < 1.29 is 9.53 Å². The Balaban J connectivity index is 0.00000144. The van der Waals surface area contributed by atoms with E-state index in [4.69, 9.17) is 4.74 Å². The van der Waals surface area contributed by atoms with E-state index < -0.39 is 0 Å². The van der Waals surface area contributed by atoms with E-state index in [2.05, 4.69) is 5.32 Å². The van der Waals surface area contributed by atoms with Crippen molar-refractivity contribution in [2.24, 2.45) is 0 Å². The number of carbonyl (C=O) groups is 1. The van der Waals surface area contributed by atoms with Gasteiger partial charge in [-0.05, 0) is 31.5 Å². The molecule has 0 bridgehead atoms. The van der Waals surface area contributed by atoms with E-state index >= 15 is 0 Å². The maximum absolute atomic E-state index is 12.0. The largest absolute Gasteiger partial charge is 0.497 e. The molecule has 1 aromatic rings. The molecule has 2 rings (SSSR count). The van der Waals surface area contributed by atoms with Gasteiger partial charge in [0.05, 0.1) is 7.11 Å². The molecule has 1 heterocycles. The van der Waals surface area contributed by atoms with Gasteiger partial charge in [0.1, 0.15) is 5.75 Å². The summed E-state index contributed by atoms with van der Waals surface area (Å²) in [6.07, 6.45) is 2.87. The molecule has 1 fully saturated rings. The van der Waals surface area contributed by atoms with Crippen LogP contribution in [0.4, 0.5) is 0 Å².